The van der Waals surface area contributed by atoms with Gasteiger partial charge in [-0.15, -0.1) is 13.2 Å². The quantitative estimate of drug-likeness (QED) is 0.519. The number of halogens is 4. The number of alkyl halides is 3. The van der Waals surface area contributed by atoms with E-state index in [0.717, 1.165) is 18.2 Å². The summed E-state index contributed by atoms with van der Waals surface area (Å²) in [4.78, 5) is 23.3. The number of benzene rings is 2. The molecule has 0 bridgehead atoms. The summed E-state index contributed by atoms with van der Waals surface area (Å²) < 4.78 is 65.0. The molecule has 0 fully saturated rings. The number of carboxylic acids is 1. The minimum Gasteiger partial charge on any atom is -0.479 e. The van der Waals surface area contributed by atoms with Crippen LogP contribution in [0.4, 0.5) is 28.0 Å². The smallest absolute Gasteiger partial charge is 0.479 e. The number of aliphatic carboxylic acids is 1. The summed E-state index contributed by atoms with van der Waals surface area (Å²) in [5.74, 6) is -2.39. The van der Waals surface area contributed by atoms with Gasteiger partial charge in [-0.2, -0.15) is 0 Å². The zero-order chi connectivity index (χ0) is 23.9. The lowest BCUT2D eigenvalue weighted by molar-refractivity contribution is -0.274. The molecule has 0 aliphatic heterocycles. The topological polar surface area (TPSA) is 94.1 Å². The van der Waals surface area contributed by atoms with Crippen LogP contribution in [-0.4, -0.2) is 35.7 Å². The predicted molar refractivity (Wildman–Crippen MR) is 105 cm³/mol. The van der Waals surface area contributed by atoms with Gasteiger partial charge >= 0.3 is 18.4 Å². The van der Waals surface area contributed by atoms with Crippen LogP contribution in [-0.2, 0) is 27.3 Å². The lowest BCUT2D eigenvalue weighted by atomic mass is 10.1. The second kappa shape index (κ2) is 10.8. The van der Waals surface area contributed by atoms with Gasteiger partial charge in [-0.3, -0.25) is 5.32 Å². The van der Waals surface area contributed by atoms with Crippen LogP contribution >= 0.6 is 0 Å². The summed E-state index contributed by atoms with van der Waals surface area (Å²) in [6.07, 6.45) is -7.74. The van der Waals surface area contributed by atoms with Gasteiger partial charge in [0, 0.05) is 12.1 Å². The van der Waals surface area contributed by atoms with Crippen LogP contribution in [0, 0.1) is 5.82 Å². The van der Waals surface area contributed by atoms with Gasteiger partial charge in [0.05, 0.1) is 6.10 Å². The Morgan fingerprint density at radius 3 is 2.47 bits per heavy atom. The number of ether oxygens (including phenoxy) is 3. The Hall–Kier alpha value is -3.34. The Morgan fingerprint density at radius 1 is 1.12 bits per heavy atom. The fourth-order valence-electron chi connectivity index (χ4n) is 2.67. The van der Waals surface area contributed by atoms with Gasteiger partial charge in [-0.05, 0) is 55.3 Å². The predicted octanol–water partition coefficient (Wildman–Crippen LogP) is 4.89. The lowest BCUT2D eigenvalue weighted by Crippen LogP contribution is -2.29. The first kappa shape index (κ1) is 24.9. The van der Waals surface area contributed by atoms with Crippen molar-refractivity contribution in [1.29, 1.82) is 0 Å². The maximum absolute atomic E-state index is 14.1. The standard InChI is InChI=1S/C21H21F4NO6/c1-12(2)31-18(19(27)28)10-14-9-15(6-7-17(14)22)26-20(29)30-11-13-4-3-5-16(8-13)32-21(23,24)25/h3-9,12,18H,10-11H2,1-2H3,(H,26,29)(H,27,28). The number of hydrogen-bond donors (Lipinski definition) is 2. The molecular formula is C21H21F4NO6. The first-order valence-corrected chi connectivity index (χ1v) is 9.38. The third-order valence-corrected chi connectivity index (χ3v) is 3.91. The molecule has 1 amide bonds. The summed E-state index contributed by atoms with van der Waals surface area (Å²) in [6, 6.07) is 8.46. The number of anilines is 1. The first-order valence-electron chi connectivity index (χ1n) is 9.38. The second-order valence-corrected chi connectivity index (χ2v) is 6.92. The minimum absolute atomic E-state index is 0.00727. The van der Waals surface area contributed by atoms with E-state index in [-0.39, 0.29) is 29.8 Å². The number of nitrogens with one attached hydrogen (secondary N) is 1. The van der Waals surface area contributed by atoms with Gasteiger partial charge in [0.2, 0.25) is 0 Å². The van der Waals surface area contributed by atoms with E-state index in [1.165, 1.54) is 24.3 Å². The van der Waals surface area contributed by atoms with Crippen molar-refractivity contribution in [1.82, 2.24) is 0 Å². The molecule has 2 rings (SSSR count). The van der Waals surface area contributed by atoms with E-state index in [4.69, 9.17) is 9.47 Å². The SMILES string of the molecule is CC(C)OC(Cc1cc(NC(=O)OCc2cccc(OC(F)(F)F)c2)ccc1F)C(=O)O. The third kappa shape index (κ3) is 8.42. The van der Waals surface area contributed by atoms with Crippen LogP contribution in [0.5, 0.6) is 5.75 Å². The van der Waals surface area contributed by atoms with Crippen LogP contribution in [0.25, 0.3) is 0 Å². The Kier molecular flexibility index (Phi) is 8.41. The normalized spacial score (nSPS) is 12.3. The molecule has 0 aliphatic rings. The second-order valence-electron chi connectivity index (χ2n) is 6.92. The van der Waals surface area contributed by atoms with Crippen molar-refractivity contribution in [3.8, 4) is 5.75 Å². The molecule has 0 radical (unpaired) electrons. The molecule has 1 atom stereocenters. The fourth-order valence-corrected chi connectivity index (χ4v) is 2.67. The van der Waals surface area contributed by atoms with Crippen molar-refractivity contribution in [3.63, 3.8) is 0 Å². The van der Waals surface area contributed by atoms with Gasteiger partial charge in [0.15, 0.2) is 6.10 Å². The van der Waals surface area contributed by atoms with E-state index in [2.05, 4.69) is 10.1 Å². The number of amides is 1. The van der Waals surface area contributed by atoms with Gasteiger partial charge in [-0.1, -0.05) is 12.1 Å². The highest BCUT2D eigenvalue weighted by Crippen LogP contribution is 2.24. The maximum atomic E-state index is 14.1. The number of carboxylic acid groups (broad SMARTS) is 1. The van der Waals surface area contributed by atoms with Gasteiger partial charge in [-0.25, -0.2) is 14.0 Å². The molecule has 174 valence electrons. The summed E-state index contributed by atoms with van der Waals surface area (Å²) in [5, 5.41) is 11.6. The van der Waals surface area contributed by atoms with Gasteiger partial charge in [0.1, 0.15) is 18.2 Å². The molecule has 0 spiro atoms. The summed E-state index contributed by atoms with van der Waals surface area (Å²) in [5.41, 5.74) is 0.388. The van der Waals surface area contributed by atoms with Crippen LogP contribution < -0.4 is 10.1 Å². The van der Waals surface area contributed by atoms with Crippen LogP contribution in [0.15, 0.2) is 42.5 Å². The molecule has 0 aliphatic carbocycles. The molecule has 1 unspecified atom stereocenters. The van der Waals surface area contributed by atoms with E-state index in [0.29, 0.717) is 0 Å². The highest BCUT2D eigenvalue weighted by molar-refractivity contribution is 5.84. The first-order chi connectivity index (χ1) is 14.9. The molecule has 11 heteroatoms. The van der Waals surface area contributed by atoms with Crippen molar-refractivity contribution in [2.24, 2.45) is 0 Å². The molecule has 0 heterocycles. The van der Waals surface area contributed by atoms with Gasteiger partial charge in [0.25, 0.3) is 0 Å². The summed E-state index contributed by atoms with van der Waals surface area (Å²) in [7, 11) is 0. The molecule has 0 saturated carbocycles. The zero-order valence-corrected chi connectivity index (χ0v) is 17.1. The summed E-state index contributed by atoms with van der Waals surface area (Å²) in [6.45, 7) is 2.94. The molecule has 2 N–H and O–H groups in total. The van der Waals surface area contributed by atoms with Crippen molar-refractivity contribution in [3.05, 3.63) is 59.4 Å². The van der Waals surface area contributed by atoms with Crippen molar-refractivity contribution < 1.29 is 46.5 Å². The van der Waals surface area contributed by atoms with E-state index in [1.807, 2.05) is 0 Å². The number of carbonyl (C=O) groups excluding carboxylic acids is 1. The van der Waals surface area contributed by atoms with Gasteiger partial charge < -0.3 is 19.3 Å². The third-order valence-electron chi connectivity index (χ3n) is 3.91. The average molecular weight is 459 g/mol. The molecule has 0 aromatic heterocycles. The van der Waals surface area contributed by atoms with Crippen molar-refractivity contribution in [2.75, 3.05) is 5.32 Å². The molecule has 0 saturated heterocycles. The summed E-state index contributed by atoms with van der Waals surface area (Å²) >= 11 is 0. The number of hydrogen-bond acceptors (Lipinski definition) is 5. The van der Waals surface area contributed by atoms with E-state index < -0.39 is 42.2 Å². The molecular weight excluding hydrogens is 438 g/mol. The monoisotopic (exact) mass is 459 g/mol. The molecule has 2 aromatic carbocycles. The fraction of sp³-hybridized carbons (Fsp3) is 0.333. The molecule has 32 heavy (non-hydrogen) atoms. The minimum atomic E-state index is -4.85. The van der Waals surface area contributed by atoms with E-state index >= 15 is 0 Å². The highest BCUT2D eigenvalue weighted by Gasteiger charge is 2.31. The Bertz CT molecular complexity index is 948. The largest absolute Gasteiger partial charge is 0.573 e. The van der Waals surface area contributed by atoms with Crippen LogP contribution in [0.1, 0.15) is 25.0 Å². The van der Waals surface area contributed by atoms with Crippen molar-refractivity contribution >= 4 is 17.7 Å². The Morgan fingerprint density at radius 2 is 1.84 bits per heavy atom. The van der Waals surface area contributed by atoms with E-state index in [1.54, 1.807) is 13.8 Å². The van der Waals surface area contributed by atoms with Crippen LogP contribution in [0.2, 0.25) is 0 Å². The van der Waals surface area contributed by atoms with Crippen molar-refractivity contribution in [2.45, 2.75) is 45.4 Å². The molecule has 7 nitrogen and oxygen atoms in total. The highest BCUT2D eigenvalue weighted by atomic mass is 19.4. The maximum Gasteiger partial charge on any atom is 0.573 e. The Labute approximate surface area is 180 Å². The number of carbonyl (C=O) groups is 2. The lowest BCUT2D eigenvalue weighted by Gasteiger charge is -2.17. The van der Waals surface area contributed by atoms with E-state index in [9.17, 15) is 32.3 Å². The zero-order valence-electron chi connectivity index (χ0n) is 17.1. The average Bonchev–Trinajstić information content (AvgIpc) is 2.67. The molecule has 2 aromatic rings. The van der Waals surface area contributed by atoms with Crippen LogP contribution in [0.3, 0.4) is 0 Å². The Balaban J connectivity index is 1.99. The number of rotatable bonds is 9.